The molecule has 0 spiro atoms. The van der Waals surface area contributed by atoms with Gasteiger partial charge in [0, 0.05) is 13.1 Å². The number of rotatable bonds is 7. The number of aromatic nitrogens is 1. The number of nitrogens with zero attached hydrogens (tertiary/aromatic N) is 2. The van der Waals surface area contributed by atoms with Gasteiger partial charge < -0.3 is 24.2 Å². The smallest absolute Gasteiger partial charge is 0.321 e. The molecule has 1 saturated heterocycles. The molecule has 0 unspecified atom stereocenters. The van der Waals surface area contributed by atoms with Crippen molar-refractivity contribution in [2.24, 2.45) is 0 Å². The lowest BCUT2D eigenvalue weighted by atomic mass is 10.0. The maximum absolute atomic E-state index is 12.2. The minimum absolute atomic E-state index is 0.124. The van der Waals surface area contributed by atoms with Gasteiger partial charge in [-0.3, -0.25) is 0 Å². The molecule has 150 valence electrons. The number of ether oxygens (including phenoxy) is 2. The Balaban J connectivity index is 1.48. The molecule has 2 aromatic rings. The minimum atomic E-state index is -0.124. The second-order valence-corrected chi connectivity index (χ2v) is 6.97. The maximum Gasteiger partial charge on any atom is 0.321 e. The van der Waals surface area contributed by atoms with E-state index in [-0.39, 0.29) is 12.1 Å². The third-order valence-corrected chi connectivity index (χ3v) is 4.41. The number of benzene rings is 1. The summed E-state index contributed by atoms with van der Waals surface area (Å²) in [5.41, 5.74) is 3.01. The van der Waals surface area contributed by atoms with Crippen molar-refractivity contribution in [3.05, 3.63) is 47.9 Å². The highest BCUT2D eigenvalue weighted by molar-refractivity contribution is 5.89. The molecule has 1 N–H and O–H groups in total. The molecule has 7 nitrogen and oxygen atoms in total. The molecule has 0 bridgehead atoms. The molecule has 0 radical (unpaired) electrons. The van der Waals surface area contributed by atoms with Gasteiger partial charge in [0.2, 0.25) is 0 Å². The van der Waals surface area contributed by atoms with Crippen LogP contribution in [0, 0.1) is 0 Å². The average molecular weight is 385 g/mol. The number of carbonyl (C=O) groups is 1. The molecule has 1 aromatic carbocycles. The maximum atomic E-state index is 12.2. The first-order valence-electron chi connectivity index (χ1n) is 9.59. The van der Waals surface area contributed by atoms with E-state index < -0.39 is 0 Å². The molecule has 3 rings (SSSR count). The topological polar surface area (TPSA) is 76.8 Å². The van der Waals surface area contributed by atoms with Gasteiger partial charge in [-0.1, -0.05) is 28.9 Å². The SMILES string of the molecule is CC(C)OCCOc1cccc(C=C2CCN(C(=O)Nc3cnoc3)CC2)c1. The van der Waals surface area contributed by atoms with Crippen molar-refractivity contribution >= 4 is 17.8 Å². The summed E-state index contributed by atoms with van der Waals surface area (Å²) in [7, 11) is 0. The fourth-order valence-electron chi connectivity index (χ4n) is 2.98. The highest BCUT2D eigenvalue weighted by Crippen LogP contribution is 2.22. The van der Waals surface area contributed by atoms with Crippen LogP contribution in [0.4, 0.5) is 10.5 Å². The zero-order valence-corrected chi connectivity index (χ0v) is 16.4. The molecule has 0 aliphatic carbocycles. The van der Waals surface area contributed by atoms with E-state index in [0.29, 0.717) is 32.0 Å². The molecular weight excluding hydrogens is 358 g/mol. The fourth-order valence-corrected chi connectivity index (χ4v) is 2.98. The first kappa shape index (κ1) is 19.9. The molecular formula is C21H27N3O4. The molecule has 0 atom stereocenters. The third-order valence-electron chi connectivity index (χ3n) is 4.41. The van der Waals surface area contributed by atoms with Gasteiger partial charge in [0.05, 0.1) is 18.9 Å². The Hall–Kier alpha value is -2.80. The first-order chi connectivity index (χ1) is 13.6. The van der Waals surface area contributed by atoms with Gasteiger partial charge in [-0.25, -0.2) is 4.79 Å². The van der Waals surface area contributed by atoms with Crippen LogP contribution in [0.25, 0.3) is 6.08 Å². The van der Waals surface area contributed by atoms with Crippen molar-refractivity contribution in [3.8, 4) is 5.75 Å². The van der Waals surface area contributed by atoms with Crippen molar-refractivity contribution in [1.29, 1.82) is 0 Å². The fraction of sp³-hybridized carbons (Fsp3) is 0.429. The number of likely N-dealkylation sites (tertiary alicyclic amines) is 1. The Morgan fingerprint density at radius 1 is 1.32 bits per heavy atom. The molecule has 28 heavy (non-hydrogen) atoms. The van der Waals surface area contributed by atoms with Crippen molar-refractivity contribution < 1.29 is 18.8 Å². The molecule has 1 fully saturated rings. The molecule has 0 saturated carbocycles. The van der Waals surface area contributed by atoms with Gasteiger partial charge in [-0.15, -0.1) is 0 Å². The molecule has 1 aliphatic rings. The highest BCUT2D eigenvalue weighted by atomic mass is 16.5. The lowest BCUT2D eigenvalue weighted by Gasteiger charge is -2.28. The van der Waals surface area contributed by atoms with Gasteiger partial charge in [0.1, 0.15) is 24.3 Å². The van der Waals surface area contributed by atoms with E-state index in [9.17, 15) is 4.79 Å². The average Bonchev–Trinajstić information content (AvgIpc) is 3.19. The van der Waals surface area contributed by atoms with Crippen molar-refractivity contribution in [2.45, 2.75) is 32.8 Å². The molecule has 2 amide bonds. The number of carbonyl (C=O) groups excluding carboxylic acids is 1. The number of anilines is 1. The van der Waals surface area contributed by atoms with E-state index in [1.54, 1.807) is 4.90 Å². The van der Waals surface area contributed by atoms with Crippen LogP contribution < -0.4 is 10.1 Å². The van der Waals surface area contributed by atoms with Gasteiger partial charge in [-0.2, -0.15) is 0 Å². The largest absolute Gasteiger partial charge is 0.491 e. The number of nitrogens with one attached hydrogen (secondary N) is 1. The predicted octanol–water partition coefficient (Wildman–Crippen LogP) is 4.19. The van der Waals surface area contributed by atoms with Crippen LogP contribution in [-0.2, 0) is 4.74 Å². The zero-order valence-electron chi connectivity index (χ0n) is 16.4. The summed E-state index contributed by atoms with van der Waals surface area (Å²) >= 11 is 0. The summed E-state index contributed by atoms with van der Waals surface area (Å²) in [5, 5.41) is 6.36. The normalized spacial score (nSPS) is 14.2. The van der Waals surface area contributed by atoms with E-state index in [2.05, 4.69) is 22.6 Å². The van der Waals surface area contributed by atoms with E-state index in [1.165, 1.54) is 18.0 Å². The van der Waals surface area contributed by atoms with Crippen molar-refractivity contribution in [1.82, 2.24) is 10.1 Å². The molecule has 1 aliphatic heterocycles. The van der Waals surface area contributed by atoms with E-state index >= 15 is 0 Å². The van der Waals surface area contributed by atoms with Crippen LogP contribution in [0.3, 0.4) is 0 Å². The Morgan fingerprint density at radius 3 is 2.86 bits per heavy atom. The van der Waals surface area contributed by atoms with Crippen molar-refractivity contribution in [3.63, 3.8) is 0 Å². The minimum Gasteiger partial charge on any atom is -0.491 e. The highest BCUT2D eigenvalue weighted by Gasteiger charge is 2.19. The van der Waals surface area contributed by atoms with E-state index in [1.807, 2.05) is 32.0 Å². The summed E-state index contributed by atoms with van der Waals surface area (Å²) < 4.78 is 16.0. The van der Waals surface area contributed by atoms with Crippen LogP contribution in [0.5, 0.6) is 5.75 Å². The number of hydrogen-bond acceptors (Lipinski definition) is 5. The standard InChI is InChI=1S/C21H27N3O4/c1-16(2)26-10-11-27-20-5-3-4-18(13-20)12-17-6-8-24(9-7-17)21(25)23-19-14-22-28-15-19/h3-5,12-16H,6-11H2,1-2H3,(H,23,25). The summed E-state index contributed by atoms with van der Waals surface area (Å²) in [6.45, 7) is 6.51. The second kappa shape index (κ2) is 9.94. The lowest BCUT2D eigenvalue weighted by molar-refractivity contribution is 0.0552. The quantitative estimate of drug-likeness (QED) is 0.723. The Kier molecular flexibility index (Phi) is 7.08. The Labute approximate surface area is 165 Å². The summed E-state index contributed by atoms with van der Waals surface area (Å²) in [5.74, 6) is 0.840. The van der Waals surface area contributed by atoms with Crippen molar-refractivity contribution in [2.75, 3.05) is 31.6 Å². The molecule has 2 heterocycles. The zero-order chi connectivity index (χ0) is 19.8. The van der Waals surface area contributed by atoms with Crippen LogP contribution in [0.1, 0.15) is 32.3 Å². The third kappa shape index (κ3) is 6.13. The van der Waals surface area contributed by atoms with Gasteiger partial charge in [-0.05, 0) is 44.4 Å². The number of amides is 2. The Morgan fingerprint density at radius 2 is 2.14 bits per heavy atom. The van der Waals surface area contributed by atoms with E-state index in [4.69, 9.17) is 14.0 Å². The molecule has 7 heteroatoms. The van der Waals surface area contributed by atoms with Gasteiger partial charge in [0.15, 0.2) is 0 Å². The number of hydrogen-bond donors (Lipinski definition) is 1. The second-order valence-electron chi connectivity index (χ2n) is 6.97. The Bertz CT molecular complexity index is 777. The van der Waals surface area contributed by atoms with Crippen LogP contribution in [-0.4, -0.2) is 48.5 Å². The monoisotopic (exact) mass is 385 g/mol. The molecule has 1 aromatic heterocycles. The number of piperidine rings is 1. The van der Waals surface area contributed by atoms with Gasteiger partial charge >= 0.3 is 6.03 Å². The lowest BCUT2D eigenvalue weighted by Crippen LogP contribution is -2.39. The van der Waals surface area contributed by atoms with Crippen LogP contribution >= 0.6 is 0 Å². The van der Waals surface area contributed by atoms with Crippen LogP contribution in [0.15, 0.2) is 46.8 Å². The summed E-state index contributed by atoms with van der Waals surface area (Å²) in [6, 6.07) is 7.92. The van der Waals surface area contributed by atoms with E-state index in [0.717, 1.165) is 24.2 Å². The first-order valence-corrected chi connectivity index (χ1v) is 9.59. The summed E-state index contributed by atoms with van der Waals surface area (Å²) in [4.78, 5) is 14.0. The van der Waals surface area contributed by atoms with Crippen LogP contribution in [0.2, 0.25) is 0 Å². The summed E-state index contributed by atoms with van der Waals surface area (Å²) in [6.07, 6.45) is 7.00. The number of urea groups is 1. The van der Waals surface area contributed by atoms with Gasteiger partial charge in [0.25, 0.3) is 0 Å². The predicted molar refractivity (Wildman–Crippen MR) is 107 cm³/mol.